The van der Waals surface area contributed by atoms with Crippen molar-refractivity contribution in [2.24, 2.45) is 4.99 Å². The van der Waals surface area contributed by atoms with Crippen LogP contribution in [0.25, 0.3) is 0 Å². The molecule has 1 aromatic rings. The van der Waals surface area contributed by atoms with Gasteiger partial charge in [0.15, 0.2) is 0 Å². The minimum absolute atomic E-state index is 0.0573. The van der Waals surface area contributed by atoms with Crippen molar-refractivity contribution in [3.05, 3.63) is 17.7 Å². The minimum Gasteiger partial charge on any atom is -0.481 e. The second kappa shape index (κ2) is 7.49. The van der Waals surface area contributed by atoms with E-state index in [4.69, 9.17) is 14.9 Å². The SMILES string of the molecule is COC(=O)N=C(SC)C(=N)c1cc(OC)nc(OC)c1. The third-order valence-corrected chi connectivity index (χ3v) is 2.94. The van der Waals surface area contributed by atoms with Gasteiger partial charge in [0.1, 0.15) is 5.04 Å². The van der Waals surface area contributed by atoms with Crippen LogP contribution >= 0.6 is 11.8 Å². The molecule has 7 nitrogen and oxygen atoms in total. The number of aliphatic imine (C=N–C) groups is 1. The lowest BCUT2D eigenvalue weighted by Gasteiger charge is -2.09. The van der Waals surface area contributed by atoms with Crippen molar-refractivity contribution in [2.75, 3.05) is 27.6 Å². The van der Waals surface area contributed by atoms with Crippen LogP contribution in [0.2, 0.25) is 0 Å². The number of ether oxygens (including phenoxy) is 3. The average molecular weight is 297 g/mol. The molecule has 0 saturated carbocycles. The van der Waals surface area contributed by atoms with Crippen LogP contribution in [0.1, 0.15) is 5.56 Å². The summed E-state index contributed by atoms with van der Waals surface area (Å²) in [4.78, 5) is 18.9. The monoisotopic (exact) mass is 297 g/mol. The number of methoxy groups -OCH3 is 3. The Morgan fingerprint density at radius 3 is 2.20 bits per heavy atom. The van der Waals surface area contributed by atoms with Crippen LogP contribution in [-0.2, 0) is 4.74 Å². The number of rotatable bonds is 4. The number of hydrogen-bond donors (Lipinski definition) is 1. The number of amides is 1. The van der Waals surface area contributed by atoms with E-state index in [9.17, 15) is 4.79 Å². The van der Waals surface area contributed by atoms with E-state index in [2.05, 4.69) is 14.7 Å². The summed E-state index contributed by atoms with van der Waals surface area (Å²) in [5.41, 5.74) is 0.535. The van der Waals surface area contributed by atoms with Crippen LogP contribution in [-0.4, -0.2) is 49.4 Å². The highest BCUT2D eigenvalue weighted by atomic mass is 32.2. The number of hydrogen-bond acceptors (Lipinski definition) is 7. The maximum absolute atomic E-state index is 11.2. The summed E-state index contributed by atoms with van der Waals surface area (Å²) >= 11 is 1.17. The Morgan fingerprint density at radius 2 is 1.80 bits per heavy atom. The standard InChI is InChI=1S/C12H15N3O4S/c1-17-8-5-7(6-9(14-8)18-2)10(13)11(20-4)15-12(16)19-3/h5-6,13H,1-4H3. The third kappa shape index (κ3) is 3.95. The predicted octanol–water partition coefficient (Wildman–Crippen LogP) is 1.99. The molecule has 20 heavy (non-hydrogen) atoms. The highest BCUT2D eigenvalue weighted by molar-refractivity contribution is 8.15. The molecule has 0 aliphatic rings. The van der Waals surface area contributed by atoms with Gasteiger partial charge in [0.2, 0.25) is 11.8 Å². The fraction of sp³-hybridized carbons (Fsp3) is 0.333. The predicted molar refractivity (Wildman–Crippen MR) is 77.5 cm³/mol. The summed E-state index contributed by atoms with van der Waals surface area (Å²) < 4.78 is 14.5. The fourth-order valence-electron chi connectivity index (χ4n) is 1.29. The molecule has 0 aromatic carbocycles. The highest BCUT2D eigenvalue weighted by Crippen LogP contribution is 2.19. The van der Waals surface area contributed by atoms with Gasteiger partial charge in [0.25, 0.3) is 0 Å². The molecule has 0 aliphatic heterocycles. The van der Waals surface area contributed by atoms with Crippen molar-refractivity contribution in [2.45, 2.75) is 0 Å². The van der Waals surface area contributed by atoms with Gasteiger partial charge in [0, 0.05) is 17.7 Å². The van der Waals surface area contributed by atoms with E-state index >= 15 is 0 Å². The third-order valence-electron chi connectivity index (χ3n) is 2.26. The topological polar surface area (TPSA) is 93.9 Å². The molecule has 1 aromatic heterocycles. The first-order valence-electron chi connectivity index (χ1n) is 5.45. The van der Waals surface area contributed by atoms with Crippen molar-refractivity contribution in [3.63, 3.8) is 0 Å². The van der Waals surface area contributed by atoms with Gasteiger partial charge in [-0.3, -0.25) is 5.41 Å². The summed E-state index contributed by atoms with van der Waals surface area (Å²) in [5.74, 6) is 0.616. The molecule has 0 atom stereocenters. The zero-order chi connectivity index (χ0) is 15.1. The van der Waals surface area contributed by atoms with Gasteiger partial charge in [-0.05, 0) is 6.26 Å². The maximum atomic E-state index is 11.2. The summed E-state index contributed by atoms with van der Waals surface area (Å²) in [7, 11) is 4.16. The summed E-state index contributed by atoms with van der Waals surface area (Å²) in [6.45, 7) is 0. The Balaban J connectivity index is 3.18. The van der Waals surface area contributed by atoms with Crippen LogP contribution in [0.4, 0.5) is 4.79 Å². The van der Waals surface area contributed by atoms with Gasteiger partial charge < -0.3 is 14.2 Å². The number of carbonyl (C=O) groups excluding carboxylic acids is 1. The molecule has 0 saturated heterocycles. The normalized spacial score (nSPS) is 10.9. The molecule has 0 fully saturated rings. The summed E-state index contributed by atoms with van der Waals surface area (Å²) in [6, 6.07) is 3.13. The molecule has 1 N–H and O–H groups in total. The first-order valence-corrected chi connectivity index (χ1v) is 6.68. The number of nitrogens with zero attached hydrogens (tertiary/aromatic N) is 2. The first-order chi connectivity index (χ1) is 9.55. The van der Waals surface area contributed by atoms with Crippen molar-refractivity contribution >= 4 is 28.6 Å². The number of thioether (sulfide) groups is 1. The zero-order valence-electron chi connectivity index (χ0n) is 11.6. The fourth-order valence-corrected chi connectivity index (χ4v) is 1.78. The van der Waals surface area contributed by atoms with E-state index in [1.807, 2.05) is 0 Å². The van der Waals surface area contributed by atoms with Gasteiger partial charge in [0.05, 0.1) is 27.0 Å². The van der Waals surface area contributed by atoms with E-state index in [1.165, 1.54) is 33.1 Å². The number of aromatic nitrogens is 1. The maximum Gasteiger partial charge on any atom is 0.434 e. The smallest absolute Gasteiger partial charge is 0.434 e. The van der Waals surface area contributed by atoms with Crippen LogP contribution < -0.4 is 9.47 Å². The van der Waals surface area contributed by atoms with Crippen LogP contribution in [0.15, 0.2) is 17.1 Å². The van der Waals surface area contributed by atoms with E-state index < -0.39 is 6.09 Å². The molecular weight excluding hydrogens is 282 g/mol. The highest BCUT2D eigenvalue weighted by Gasteiger charge is 2.14. The van der Waals surface area contributed by atoms with Crippen LogP contribution in [0, 0.1) is 5.41 Å². The van der Waals surface area contributed by atoms with Crippen molar-refractivity contribution in [3.8, 4) is 11.8 Å². The lowest BCUT2D eigenvalue weighted by atomic mass is 10.1. The molecule has 108 valence electrons. The van der Waals surface area contributed by atoms with Gasteiger partial charge in [-0.25, -0.2) is 4.79 Å². The van der Waals surface area contributed by atoms with Crippen molar-refractivity contribution in [1.82, 2.24) is 4.98 Å². The quantitative estimate of drug-likeness (QED) is 0.674. The summed E-state index contributed by atoms with van der Waals surface area (Å²) in [6.07, 6.45) is 0.957. The molecule has 1 amide bonds. The zero-order valence-corrected chi connectivity index (χ0v) is 12.4. The van der Waals surface area contributed by atoms with Crippen molar-refractivity contribution < 1.29 is 19.0 Å². The second-order valence-electron chi connectivity index (χ2n) is 3.41. The Kier molecular flexibility index (Phi) is 5.98. The van der Waals surface area contributed by atoms with Gasteiger partial charge in [-0.1, -0.05) is 0 Å². The molecule has 1 rings (SSSR count). The Hall–Kier alpha value is -2.09. The van der Waals surface area contributed by atoms with Gasteiger partial charge in [-0.15, -0.1) is 11.8 Å². The number of nitrogens with one attached hydrogen (secondary N) is 1. The van der Waals surface area contributed by atoms with E-state index in [1.54, 1.807) is 18.4 Å². The lowest BCUT2D eigenvalue weighted by molar-refractivity contribution is 0.183. The average Bonchev–Trinajstić information content (AvgIpc) is 2.50. The first kappa shape index (κ1) is 16.0. The number of carbonyl (C=O) groups is 1. The van der Waals surface area contributed by atoms with Gasteiger partial charge in [-0.2, -0.15) is 9.98 Å². The Labute approximate surface area is 120 Å². The second-order valence-corrected chi connectivity index (χ2v) is 4.20. The molecule has 0 radical (unpaired) electrons. The molecule has 0 spiro atoms. The molecule has 1 heterocycles. The molecule has 0 aliphatic carbocycles. The van der Waals surface area contributed by atoms with E-state index in [0.29, 0.717) is 17.3 Å². The number of pyridine rings is 1. The van der Waals surface area contributed by atoms with E-state index in [0.717, 1.165) is 0 Å². The summed E-state index contributed by atoms with van der Waals surface area (Å²) in [5, 5.41) is 8.33. The van der Waals surface area contributed by atoms with Gasteiger partial charge >= 0.3 is 6.09 Å². The molecule has 0 bridgehead atoms. The Bertz CT molecular complexity index is 523. The molecular formula is C12H15N3O4S. The lowest BCUT2D eigenvalue weighted by Crippen LogP contribution is -2.13. The minimum atomic E-state index is -0.757. The van der Waals surface area contributed by atoms with Crippen LogP contribution in [0.5, 0.6) is 11.8 Å². The van der Waals surface area contributed by atoms with Crippen molar-refractivity contribution in [1.29, 1.82) is 5.41 Å². The molecule has 0 unspecified atom stereocenters. The largest absolute Gasteiger partial charge is 0.481 e. The molecule has 8 heteroatoms. The Morgan fingerprint density at radius 1 is 1.25 bits per heavy atom. The van der Waals surface area contributed by atoms with E-state index in [-0.39, 0.29) is 10.8 Å². The van der Waals surface area contributed by atoms with Crippen LogP contribution in [0.3, 0.4) is 0 Å².